The van der Waals surface area contributed by atoms with Crippen molar-refractivity contribution in [1.82, 2.24) is 0 Å². The fourth-order valence-corrected chi connectivity index (χ4v) is 3.28. The number of amides is 1. The normalized spacial score (nSPS) is 11.3. The lowest BCUT2D eigenvalue weighted by molar-refractivity contribution is 0.102. The molecule has 0 fully saturated rings. The Labute approximate surface area is 149 Å². The van der Waals surface area contributed by atoms with E-state index in [1.807, 2.05) is 22.6 Å². The third-order valence-electron chi connectivity index (χ3n) is 2.79. The molecule has 0 saturated carbocycles. The zero-order valence-electron chi connectivity index (χ0n) is 11.2. The predicted molar refractivity (Wildman–Crippen MR) is 94.3 cm³/mol. The van der Waals surface area contributed by atoms with Gasteiger partial charge in [-0.1, -0.05) is 15.9 Å². The smallest absolute Gasteiger partial charge is 0.256 e. The van der Waals surface area contributed by atoms with Gasteiger partial charge in [0.1, 0.15) is 5.82 Å². The summed E-state index contributed by atoms with van der Waals surface area (Å²) in [6.07, 6.45) is 1.02. The van der Waals surface area contributed by atoms with Crippen LogP contribution in [0.25, 0.3) is 0 Å². The number of carbonyl (C=O) groups is 1. The second kappa shape index (κ2) is 6.63. The summed E-state index contributed by atoms with van der Waals surface area (Å²) in [7, 11) is -3.48. The molecule has 2 aromatic rings. The molecule has 116 valence electrons. The molecule has 0 atom stereocenters. The van der Waals surface area contributed by atoms with Gasteiger partial charge in [-0.05, 0) is 59.0 Å². The molecule has 4 nitrogen and oxygen atoms in total. The Bertz CT molecular complexity index is 855. The van der Waals surface area contributed by atoms with Crippen molar-refractivity contribution >= 4 is 60.0 Å². The molecule has 2 rings (SSSR count). The average Bonchev–Trinajstić information content (AvgIpc) is 2.42. The largest absolute Gasteiger partial charge is 0.319 e. The quantitative estimate of drug-likeness (QED) is 0.517. The topological polar surface area (TPSA) is 63.2 Å². The second-order valence-corrected chi connectivity index (χ2v) is 8.59. The van der Waals surface area contributed by atoms with Gasteiger partial charge in [0, 0.05) is 14.3 Å². The Morgan fingerprint density at radius 3 is 2.55 bits per heavy atom. The molecule has 0 aliphatic rings. The predicted octanol–water partition coefficient (Wildman–Crippen LogP) is 3.85. The van der Waals surface area contributed by atoms with E-state index in [2.05, 4.69) is 21.2 Å². The molecule has 22 heavy (non-hydrogen) atoms. The summed E-state index contributed by atoms with van der Waals surface area (Å²) in [5.41, 5.74) is 0.183. The van der Waals surface area contributed by atoms with Crippen LogP contribution < -0.4 is 5.32 Å². The van der Waals surface area contributed by atoms with Gasteiger partial charge >= 0.3 is 0 Å². The summed E-state index contributed by atoms with van der Waals surface area (Å²) in [5.74, 6) is -1.22. The molecule has 0 bridgehead atoms. The number of hydrogen-bond donors (Lipinski definition) is 1. The van der Waals surface area contributed by atoms with E-state index in [1.165, 1.54) is 0 Å². The monoisotopic (exact) mass is 497 g/mol. The number of rotatable bonds is 3. The van der Waals surface area contributed by atoms with Crippen LogP contribution in [0, 0.1) is 9.39 Å². The molecule has 0 aliphatic heterocycles. The average molecular weight is 498 g/mol. The van der Waals surface area contributed by atoms with Crippen molar-refractivity contribution in [1.29, 1.82) is 0 Å². The molecule has 0 aliphatic carbocycles. The Morgan fingerprint density at radius 2 is 1.91 bits per heavy atom. The first-order chi connectivity index (χ1) is 10.2. The molecular formula is C14H10BrFINO3S. The summed E-state index contributed by atoms with van der Waals surface area (Å²) in [6, 6.07) is 8.40. The van der Waals surface area contributed by atoms with Crippen LogP contribution >= 0.6 is 38.5 Å². The van der Waals surface area contributed by atoms with Crippen molar-refractivity contribution in [2.24, 2.45) is 0 Å². The van der Waals surface area contributed by atoms with E-state index >= 15 is 0 Å². The van der Waals surface area contributed by atoms with Crippen molar-refractivity contribution in [3.63, 3.8) is 0 Å². The molecule has 0 spiro atoms. The first kappa shape index (κ1) is 17.4. The lowest BCUT2D eigenvalue weighted by Gasteiger charge is -2.09. The second-order valence-electron chi connectivity index (χ2n) is 4.49. The highest BCUT2D eigenvalue weighted by Gasteiger charge is 2.15. The third-order valence-corrected chi connectivity index (χ3v) is 5.33. The highest BCUT2D eigenvalue weighted by Crippen LogP contribution is 2.23. The van der Waals surface area contributed by atoms with Crippen LogP contribution in [0.1, 0.15) is 10.4 Å². The van der Waals surface area contributed by atoms with E-state index < -0.39 is 21.6 Å². The number of hydrogen-bond acceptors (Lipinski definition) is 3. The first-order valence-electron chi connectivity index (χ1n) is 5.94. The summed E-state index contributed by atoms with van der Waals surface area (Å²) >= 11 is 5.26. The standard InChI is InChI=1S/C14H10BrFINO3S/c1-22(20,21)9-3-4-11(16)13(7-9)18-14(19)10-6-8(15)2-5-12(10)17/h2-7H,1H3,(H,18,19). The highest BCUT2D eigenvalue weighted by molar-refractivity contribution is 14.1. The number of carbonyl (C=O) groups excluding carboxylic acids is 1. The van der Waals surface area contributed by atoms with E-state index in [1.54, 1.807) is 18.2 Å². The van der Waals surface area contributed by atoms with E-state index in [9.17, 15) is 17.6 Å². The number of anilines is 1. The molecular weight excluding hydrogens is 488 g/mol. The summed E-state index contributed by atoms with van der Waals surface area (Å²) < 4.78 is 38.2. The van der Waals surface area contributed by atoms with Gasteiger partial charge in [-0.15, -0.1) is 0 Å². The minimum absolute atomic E-state index is 0.0619. The zero-order valence-corrected chi connectivity index (χ0v) is 15.8. The van der Waals surface area contributed by atoms with E-state index in [-0.39, 0.29) is 10.6 Å². The van der Waals surface area contributed by atoms with Gasteiger partial charge < -0.3 is 5.32 Å². The summed E-state index contributed by atoms with van der Waals surface area (Å²) in [5, 5.41) is 2.40. The van der Waals surface area contributed by atoms with Crippen LogP contribution in [0.5, 0.6) is 0 Å². The van der Waals surface area contributed by atoms with Gasteiger partial charge in [0.15, 0.2) is 9.84 Å². The van der Waals surface area contributed by atoms with E-state index in [0.29, 0.717) is 13.6 Å². The van der Waals surface area contributed by atoms with Crippen molar-refractivity contribution in [3.8, 4) is 0 Å². The maximum atomic E-state index is 13.8. The number of sulfone groups is 1. The molecule has 0 aromatic heterocycles. The fourth-order valence-electron chi connectivity index (χ4n) is 1.69. The molecule has 1 N–H and O–H groups in total. The van der Waals surface area contributed by atoms with Crippen LogP contribution in [0.2, 0.25) is 0 Å². The van der Waals surface area contributed by atoms with Crippen molar-refractivity contribution in [2.45, 2.75) is 4.90 Å². The number of halogens is 3. The van der Waals surface area contributed by atoms with E-state index in [0.717, 1.165) is 24.5 Å². The minimum Gasteiger partial charge on any atom is -0.319 e. The van der Waals surface area contributed by atoms with Gasteiger partial charge in [0.05, 0.1) is 16.1 Å². The Balaban J connectivity index is 2.38. The van der Waals surface area contributed by atoms with Crippen molar-refractivity contribution in [2.75, 3.05) is 11.6 Å². The van der Waals surface area contributed by atoms with Gasteiger partial charge in [-0.2, -0.15) is 0 Å². The third kappa shape index (κ3) is 4.05. The highest BCUT2D eigenvalue weighted by atomic mass is 127. The number of nitrogens with one attached hydrogen (secondary N) is 1. The zero-order chi connectivity index (χ0) is 16.5. The van der Waals surface area contributed by atoms with Gasteiger partial charge in [0.25, 0.3) is 5.91 Å². The Morgan fingerprint density at radius 1 is 1.23 bits per heavy atom. The maximum absolute atomic E-state index is 13.8. The lowest BCUT2D eigenvalue weighted by Crippen LogP contribution is -2.15. The SMILES string of the molecule is CS(=O)(=O)c1ccc(F)c(NC(=O)c2cc(Br)ccc2I)c1. The summed E-state index contributed by atoms with van der Waals surface area (Å²) in [6.45, 7) is 0. The minimum atomic E-state index is -3.48. The van der Waals surface area contributed by atoms with Gasteiger partial charge in [0.2, 0.25) is 0 Å². The van der Waals surface area contributed by atoms with Gasteiger partial charge in [-0.25, -0.2) is 12.8 Å². The molecule has 0 radical (unpaired) electrons. The van der Waals surface area contributed by atoms with Crippen LogP contribution in [0.4, 0.5) is 10.1 Å². The van der Waals surface area contributed by atoms with Crippen LogP contribution in [0.3, 0.4) is 0 Å². The molecule has 0 unspecified atom stereocenters. The Kier molecular flexibility index (Phi) is 5.23. The fraction of sp³-hybridized carbons (Fsp3) is 0.0714. The van der Waals surface area contributed by atoms with Crippen molar-refractivity contribution < 1.29 is 17.6 Å². The molecule has 0 heterocycles. The molecule has 2 aromatic carbocycles. The first-order valence-corrected chi connectivity index (χ1v) is 9.71. The summed E-state index contributed by atoms with van der Waals surface area (Å²) in [4.78, 5) is 12.2. The molecule has 0 saturated heterocycles. The van der Waals surface area contributed by atoms with Crippen LogP contribution in [-0.4, -0.2) is 20.6 Å². The number of benzene rings is 2. The van der Waals surface area contributed by atoms with E-state index in [4.69, 9.17) is 0 Å². The molecule has 8 heteroatoms. The van der Waals surface area contributed by atoms with Crippen molar-refractivity contribution in [3.05, 3.63) is 55.8 Å². The Hall–Kier alpha value is -1.000. The van der Waals surface area contributed by atoms with Gasteiger partial charge in [-0.3, -0.25) is 4.79 Å². The molecule has 1 amide bonds. The van der Waals surface area contributed by atoms with Crippen LogP contribution in [-0.2, 0) is 9.84 Å². The lowest BCUT2D eigenvalue weighted by atomic mass is 10.2. The maximum Gasteiger partial charge on any atom is 0.256 e. The van der Waals surface area contributed by atoms with Crippen LogP contribution in [0.15, 0.2) is 45.8 Å².